The van der Waals surface area contributed by atoms with Crippen molar-refractivity contribution in [2.24, 2.45) is 0 Å². The molecule has 0 saturated carbocycles. The molecule has 0 amide bonds. The van der Waals surface area contributed by atoms with Crippen molar-refractivity contribution in [3.63, 3.8) is 0 Å². The van der Waals surface area contributed by atoms with E-state index in [1.54, 1.807) is 0 Å². The Bertz CT molecular complexity index is 747. The number of H-pyrrole nitrogens is 1. The maximum absolute atomic E-state index is 4.59. The summed E-state index contributed by atoms with van der Waals surface area (Å²) < 4.78 is 0. The Morgan fingerprint density at radius 3 is 2.38 bits per heavy atom. The molecule has 2 heterocycles. The molecule has 0 unspecified atom stereocenters. The first kappa shape index (κ1) is 14.9. The number of hydrogen-bond donors (Lipinski definition) is 2. The second kappa shape index (κ2) is 5.85. The molecule has 3 rings (SSSR count). The molecule has 1 aromatic carbocycles. The summed E-state index contributed by atoms with van der Waals surface area (Å²) >= 11 is 0. The van der Waals surface area contributed by atoms with Crippen molar-refractivity contribution in [3.8, 4) is 22.5 Å². The van der Waals surface area contributed by atoms with E-state index in [9.17, 15) is 0 Å². The Morgan fingerprint density at radius 2 is 1.67 bits per heavy atom. The summed E-state index contributed by atoms with van der Waals surface area (Å²) in [5.41, 5.74) is 6.09. The third-order valence-corrected chi connectivity index (χ3v) is 3.32. The van der Waals surface area contributed by atoms with Crippen LogP contribution in [-0.4, -0.2) is 20.2 Å². The van der Waals surface area contributed by atoms with Crippen molar-refractivity contribution in [1.29, 1.82) is 0 Å². The smallest absolute Gasteiger partial charge is 0.125 e. The van der Waals surface area contributed by atoms with Gasteiger partial charge in [-0.1, -0.05) is 30.3 Å². The zero-order valence-corrected chi connectivity index (χ0v) is 12.5. The average molecular weight is 281 g/mol. The van der Waals surface area contributed by atoms with E-state index >= 15 is 0 Å². The van der Waals surface area contributed by atoms with Crippen LogP contribution < -0.4 is 6.15 Å². The van der Waals surface area contributed by atoms with Crippen LogP contribution in [0.5, 0.6) is 0 Å². The zero-order valence-electron chi connectivity index (χ0n) is 12.5. The van der Waals surface area contributed by atoms with Gasteiger partial charge in [0, 0.05) is 23.0 Å². The number of rotatable bonds is 2. The summed E-state index contributed by atoms with van der Waals surface area (Å²) in [6.45, 7) is 5.95. The second-order valence-electron chi connectivity index (χ2n) is 4.89. The van der Waals surface area contributed by atoms with E-state index in [4.69, 9.17) is 0 Å². The number of hydrogen-bond acceptors (Lipinski definition) is 4. The Hall–Kier alpha value is -2.53. The van der Waals surface area contributed by atoms with Crippen LogP contribution in [0.1, 0.15) is 17.1 Å². The summed E-state index contributed by atoms with van der Waals surface area (Å²) in [5.74, 6) is 0.769. The van der Waals surface area contributed by atoms with Gasteiger partial charge in [-0.25, -0.2) is 9.97 Å². The molecule has 21 heavy (non-hydrogen) atoms. The summed E-state index contributed by atoms with van der Waals surface area (Å²) in [7, 11) is 0. The fourth-order valence-corrected chi connectivity index (χ4v) is 2.31. The topological polar surface area (TPSA) is 89.5 Å². The van der Waals surface area contributed by atoms with Crippen LogP contribution in [0.15, 0.2) is 36.5 Å². The van der Waals surface area contributed by atoms with Crippen molar-refractivity contribution >= 4 is 0 Å². The third kappa shape index (κ3) is 2.68. The molecular formula is C16H19N5. The highest BCUT2D eigenvalue weighted by Gasteiger charge is 2.17. The molecule has 5 nitrogen and oxygen atoms in total. The molecule has 0 atom stereocenters. The van der Waals surface area contributed by atoms with E-state index in [1.807, 2.05) is 45.2 Å². The number of aromatic nitrogens is 4. The first-order valence-electron chi connectivity index (χ1n) is 6.58. The summed E-state index contributed by atoms with van der Waals surface area (Å²) in [6, 6.07) is 10.1. The second-order valence-corrected chi connectivity index (χ2v) is 4.89. The number of benzene rings is 1. The lowest BCUT2D eigenvalue weighted by molar-refractivity contribution is 1.03. The standard InChI is InChI=1S/C16H16N4.H3N/c1-10-9-17-12(3)18-15(10)14-11(2)19-20-16(14)13-7-5-4-6-8-13;/h4-9H,1-3H3,(H,19,20);1H3. The van der Waals surface area contributed by atoms with Crippen LogP contribution in [0, 0.1) is 20.8 Å². The number of nitrogens with zero attached hydrogens (tertiary/aromatic N) is 3. The molecule has 0 aliphatic carbocycles. The fourth-order valence-electron chi connectivity index (χ4n) is 2.31. The maximum Gasteiger partial charge on any atom is 0.125 e. The van der Waals surface area contributed by atoms with Crippen LogP contribution in [0.3, 0.4) is 0 Å². The third-order valence-electron chi connectivity index (χ3n) is 3.32. The number of aryl methyl sites for hydroxylation is 3. The van der Waals surface area contributed by atoms with Crippen LogP contribution in [0.4, 0.5) is 0 Å². The number of nitrogens with one attached hydrogen (secondary N) is 1. The highest BCUT2D eigenvalue weighted by atomic mass is 15.1. The van der Waals surface area contributed by atoms with Crippen LogP contribution in [0.2, 0.25) is 0 Å². The van der Waals surface area contributed by atoms with Gasteiger partial charge in [0.15, 0.2) is 0 Å². The Morgan fingerprint density at radius 1 is 0.952 bits per heavy atom. The average Bonchev–Trinajstić information content (AvgIpc) is 2.84. The molecule has 0 aliphatic rings. The zero-order chi connectivity index (χ0) is 14.1. The van der Waals surface area contributed by atoms with Gasteiger partial charge in [-0.3, -0.25) is 5.10 Å². The van der Waals surface area contributed by atoms with E-state index in [1.165, 1.54) is 0 Å². The largest absolute Gasteiger partial charge is 0.344 e. The minimum Gasteiger partial charge on any atom is -0.344 e. The van der Waals surface area contributed by atoms with Gasteiger partial charge in [-0.05, 0) is 26.3 Å². The van der Waals surface area contributed by atoms with Gasteiger partial charge >= 0.3 is 0 Å². The molecule has 5 heteroatoms. The molecule has 108 valence electrons. The van der Waals surface area contributed by atoms with Crippen molar-refractivity contribution in [3.05, 3.63) is 53.6 Å². The lowest BCUT2D eigenvalue weighted by atomic mass is 10.0. The van der Waals surface area contributed by atoms with Gasteiger partial charge in [0.2, 0.25) is 0 Å². The first-order chi connectivity index (χ1) is 9.66. The van der Waals surface area contributed by atoms with Gasteiger partial charge in [-0.2, -0.15) is 5.10 Å². The Kier molecular flexibility index (Phi) is 4.14. The van der Waals surface area contributed by atoms with Crippen molar-refractivity contribution in [2.75, 3.05) is 0 Å². The van der Waals surface area contributed by atoms with E-state index in [-0.39, 0.29) is 6.15 Å². The molecular weight excluding hydrogens is 262 g/mol. The van der Waals surface area contributed by atoms with Crippen molar-refractivity contribution < 1.29 is 0 Å². The SMILES string of the molecule is Cc1ncc(C)c(-c2c(-c3ccccc3)n[nH]c2C)n1.N. The molecule has 0 fully saturated rings. The maximum atomic E-state index is 4.59. The predicted molar refractivity (Wildman–Crippen MR) is 84.3 cm³/mol. The minimum absolute atomic E-state index is 0. The van der Waals surface area contributed by atoms with Crippen molar-refractivity contribution in [2.45, 2.75) is 20.8 Å². The summed E-state index contributed by atoms with van der Waals surface area (Å²) in [6.07, 6.45) is 1.86. The normalized spacial score (nSPS) is 10.2. The van der Waals surface area contributed by atoms with Crippen LogP contribution >= 0.6 is 0 Å². The predicted octanol–water partition coefficient (Wildman–Crippen LogP) is 3.62. The van der Waals surface area contributed by atoms with Crippen LogP contribution in [-0.2, 0) is 0 Å². The van der Waals surface area contributed by atoms with Gasteiger partial charge in [0.1, 0.15) is 11.5 Å². The fraction of sp³-hybridized carbons (Fsp3) is 0.188. The van der Waals surface area contributed by atoms with E-state index in [0.717, 1.165) is 39.6 Å². The first-order valence-corrected chi connectivity index (χ1v) is 6.58. The lowest BCUT2D eigenvalue weighted by Gasteiger charge is -2.07. The Labute approximate surface area is 124 Å². The van der Waals surface area contributed by atoms with Gasteiger partial charge in [0.05, 0.1) is 5.69 Å². The number of aromatic amines is 1. The van der Waals surface area contributed by atoms with Crippen LogP contribution in [0.25, 0.3) is 22.5 Å². The molecule has 0 aliphatic heterocycles. The molecule has 0 bridgehead atoms. The summed E-state index contributed by atoms with van der Waals surface area (Å²) in [4.78, 5) is 8.83. The molecule has 0 radical (unpaired) electrons. The monoisotopic (exact) mass is 281 g/mol. The Balaban J connectivity index is 0.00000161. The molecule has 0 spiro atoms. The van der Waals surface area contributed by atoms with E-state index in [2.05, 4.69) is 32.3 Å². The molecule has 4 N–H and O–H groups in total. The molecule has 2 aromatic heterocycles. The lowest BCUT2D eigenvalue weighted by Crippen LogP contribution is -1.96. The van der Waals surface area contributed by atoms with Crippen molar-refractivity contribution in [1.82, 2.24) is 26.3 Å². The van der Waals surface area contributed by atoms with E-state index in [0.29, 0.717) is 0 Å². The minimum atomic E-state index is 0. The van der Waals surface area contributed by atoms with Gasteiger partial charge in [-0.15, -0.1) is 0 Å². The van der Waals surface area contributed by atoms with Gasteiger partial charge in [0.25, 0.3) is 0 Å². The molecule has 0 saturated heterocycles. The van der Waals surface area contributed by atoms with Gasteiger partial charge < -0.3 is 6.15 Å². The van der Waals surface area contributed by atoms with E-state index < -0.39 is 0 Å². The highest BCUT2D eigenvalue weighted by Crippen LogP contribution is 2.33. The quantitative estimate of drug-likeness (QED) is 0.750. The highest BCUT2D eigenvalue weighted by molar-refractivity contribution is 5.81. The molecule has 3 aromatic rings. The summed E-state index contributed by atoms with van der Waals surface area (Å²) in [5, 5.41) is 7.52.